The molecule has 6 heteroatoms. The van der Waals surface area contributed by atoms with Crippen molar-refractivity contribution in [2.45, 2.75) is 26.4 Å². The first-order valence-corrected chi connectivity index (χ1v) is 7.51. The largest absolute Gasteiger partial charge is 0.324 e. The van der Waals surface area contributed by atoms with E-state index in [2.05, 4.69) is 19.2 Å². The van der Waals surface area contributed by atoms with Gasteiger partial charge in [0.05, 0.1) is 4.92 Å². The van der Waals surface area contributed by atoms with E-state index in [1.165, 1.54) is 29.5 Å². The highest BCUT2D eigenvalue weighted by molar-refractivity contribution is 7.15. The van der Waals surface area contributed by atoms with Crippen LogP contribution in [-0.4, -0.2) is 4.92 Å². The minimum Gasteiger partial charge on any atom is -0.305 e. The van der Waals surface area contributed by atoms with Crippen LogP contribution in [0.5, 0.6) is 0 Å². The highest BCUT2D eigenvalue weighted by Crippen LogP contribution is 2.26. The second-order valence-corrected chi connectivity index (χ2v) is 6.30. The molecule has 0 aliphatic rings. The van der Waals surface area contributed by atoms with Gasteiger partial charge in [-0.15, -0.1) is 0 Å². The van der Waals surface area contributed by atoms with Crippen LogP contribution < -0.4 is 5.32 Å². The minimum atomic E-state index is -0.381. The molecular formula is C15H17FN2O2S. The molecule has 2 rings (SSSR count). The Morgan fingerprint density at radius 1 is 1.24 bits per heavy atom. The lowest BCUT2D eigenvalue weighted by atomic mass is 9.96. The van der Waals surface area contributed by atoms with E-state index in [9.17, 15) is 14.5 Å². The summed E-state index contributed by atoms with van der Waals surface area (Å²) in [7, 11) is 0. The Morgan fingerprint density at radius 2 is 1.90 bits per heavy atom. The summed E-state index contributed by atoms with van der Waals surface area (Å²) in [6, 6.07) is 9.78. The summed E-state index contributed by atoms with van der Waals surface area (Å²) in [5.41, 5.74) is 1.01. The fourth-order valence-electron chi connectivity index (χ4n) is 2.18. The molecule has 1 aromatic carbocycles. The Bertz CT molecular complexity index is 610. The number of nitro groups is 1. The maximum atomic E-state index is 13.0. The van der Waals surface area contributed by atoms with Gasteiger partial charge in [0, 0.05) is 23.5 Å². The zero-order chi connectivity index (χ0) is 15.4. The normalized spacial score (nSPS) is 12.6. The lowest BCUT2D eigenvalue weighted by Crippen LogP contribution is -2.25. The quantitative estimate of drug-likeness (QED) is 0.640. The molecule has 0 aliphatic carbocycles. The molecule has 0 amide bonds. The van der Waals surface area contributed by atoms with Gasteiger partial charge in [-0.1, -0.05) is 37.3 Å². The first-order valence-electron chi connectivity index (χ1n) is 6.69. The van der Waals surface area contributed by atoms with Crippen LogP contribution in [0.2, 0.25) is 0 Å². The van der Waals surface area contributed by atoms with Crippen molar-refractivity contribution in [1.29, 1.82) is 0 Å². The van der Waals surface area contributed by atoms with E-state index in [-0.39, 0.29) is 21.8 Å². The number of hydrogen-bond acceptors (Lipinski definition) is 4. The minimum absolute atomic E-state index is 0.0757. The molecule has 0 radical (unpaired) electrons. The van der Waals surface area contributed by atoms with Gasteiger partial charge in [0.1, 0.15) is 5.82 Å². The average Bonchev–Trinajstić information content (AvgIpc) is 2.90. The first-order chi connectivity index (χ1) is 9.97. The van der Waals surface area contributed by atoms with E-state index in [0.717, 1.165) is 10.4 Å². The Morgan fingerprint density at radius 3 is 2.43 bits per heavy atom. The predicted molar refractivity (Wildman–Crippen MR) is 81.8 cm³/mol. The molecule has 1 N–H and O–H groups in total. The molecule has 0 aliphatic heterocycles. The molecule has 0 bridgehead atoms. The van der Waals surface area contributed by atoms with Crippen LogP contribution in [0.15, 0.2) is 36.4 Å². The predicted octanol–water partition coefficient (Wildman–Crippen LogP) is 4.28. The highest BCUT2D eigenvalue weighted by Gasteiger charge is 2.16. The number of hydrogen-bond donors (Lipinski definition) is 1. The van der Waals surface area contributed by atoms with E-state index in [1.54, 1.807) is 18.2 Å². The summed E-state index contributed by atoms with van der Waals surface area (Å²) in [6.45, 7) is 4.72. The van der Waals surface area contributed by atoms with Gasteiger partial charge in [-0.3, -0.25) is 10.1 Å². The molecule has 0 fully saturated rings. The van der Waals surface area contributed by atoms with E-state index < -0.39 is 0 Å². The van der Waals surface area contributed by atoms with E-state index in [4.69, 9.17) is 0 Å². The molecule has 112 valence electrons. The molecule has 0 saturated heterocycles. The average molecular weight is 308 g/mol. The first kappa shape index (κ1) is 15.6. The number of rotatable bonds is 6. The van der Waals surface area contributed by atoms with Gasteiger partial charge in [0.25, 0.3) is 0 Å². The van der Waals surface area contributed by atoms with Crippen molar-refractivity contribution in [3.05, 3.63) is 62.8 Å². The maximum absolute atomic E-state index is 13.0. The van der Waals surface area contributed by atoms with Gasteiger partial charge in [0.2, 0.25) is 0 Å². The van der Waals surface area contributed by atoms with Crippen LogP contribution in [0.1, 0.15) is 30.3 Å². The van der Waals surface area contributed by atoms with Crippen LogP contribution in [0.25, 0.3) is 0 Å². The smallest absolute Gasteiger partial charge is 0.305 e. The molecule has 21 heavy (non-hydrogen) atoms. The molecule has 4 nitrogen and oxygen atoms in total. The summed E-state index contributed by atoms with van der Waals surface area (Å²) in [5, 5.41) is 14.2. The van der Waals surface area contributed by atoms with Gasteiger partial charge in [-0.25, -0.2) is 4.39 Å². The Labute approximate surface area is 126 Å². The molecule has 1 unspecified atom stereocenters. The van der Waals surface area contributed by atoms with E-state index in [0.29, 0.717) is 12.5 Å². The van der Waals surface area contributed by atoms with Crippen LogP contribution >= 0.6 is 11.3 Å². The summed E-state index contributed by atoms with van der Waals surface area (Å²) < 4.78 is 13.0. The molecule has 2 aromatic rings. The molecular weight excluding hydrogens is 291 g/mol. The Hall–Kier alpha value is -1.79. The second kappa shape index (κ2) is 6.78. The third-order valence-electron chi connectivity index (χ3n) is 3.22. The molecule has 0 saturated carbocycles. The van der Waals surface area contributed by atoms with Gasteiger partial charge >= 0.3 is 5.00 Å². The number of nitrogens with zero attached hydrogens (tertiary/aromatic N) is 1. The van der Waals surface area contributed by atoms with Crippen LogP contribution in [-0.2, 0) is 6.54 Å². The Balaban J connectivity index is 2.06. The summed E-state index contributed by atoms with van der Waals surface area (Å²) in [5.74, 6) is 0.0700. The third kappa shape index (κ3) is 4.09. The van der Waals surface area contributed by atoms with Crippen LogP contribution in [0, 0.1) is 21.8 Å². The molecule has 0 spiro atoms. The van der Waals surface area contributed by atoms with Crippen molar-refractivity contribution in [1.82, 2.24) is 5.32 Å². The van der Waals surface area contributed by atoms with Crippen molar-refractivity contribution in [3.8, 4) is 0 Å². The number of benzene rings is 1. The fourth-order valence-corrected chi connectivity index (χ4v) is 2.95. The van der Waals surface area contributed by atoms with Crippen molar-refractivity contribution in [2.24, 2.45) is 5.92 Å². The van der Waals surface area contributed by atoms with Crippen molar-refractivity contribution < 1.29 is 9.31 Å². The molecule has 1 aromatic heterocycles. The highest BCUT2D eigenvalue weighted by atomic mass is 32.1. The monoisotopic (exact) mass is 308 g/mol. The topological polar surface area (TPSA) is 55.2 Å². The lowest BCUT2D eigenvalue weighted by molar-refractivity contribution is -0.380. The summed E-state index contributed by atoms with van der Waals surface area (Å²) >= 11 is 1.17. The van der Waals surface area contributed by atoms with Gasteiger partial charge in [0.15, 0.2) is 0 Å². The maximum Gasteiger partial charge on any atom is 0.324 e. The zero-order valence-corrected chi connectivity index (χ0v) is 12.7. The third-order valence-corrected chi connectivity index (χ3v) is 4.26. The van der Waals surface area contributed by atoms with Crippen LogP contribution in [0.4, 0.5) is 9.39 Å². The van der Waals surface area contributed by atoms with Gasteiger partial charge < -0.3 is 5.32 Å². The number of thiophene rings is 1. The lowest BCUT2D eigenvalue weighted by Gasteiger charge is -2.22. The second-order valence-electron chi connectivity index (χ2n) is 5.15. The fraction of sp³-hybridized carbons (Fsp3) is 0.333. The molecule has 1 heterocycles. The van der Waals surface area contributed by atoms with E-state index >= 15 is 0 Å². The van der Waals surface area contributed by atoms with Crippen LogP contribution in [0.3, 0.4) is 0 Å². The van der Waals surface area contributed by atoms with Crippen molar-refractivity contribution in [3.63, 3.8) is 0 Å². The van der Waals surface area contributed by atoms with Gasteiger partial charge in [-0.05, 0) is 29.7 Å². The summed E-state index contributed by atoms with van der Waals surface area (Å²) in [4.78, 5) is 11.2. The van der Waals surface area contributed by atoms with Crippen molar-refractivity contribution in [2.75, 3.05) is 0 Å². The van der Waals surface area contributed by atoms with E-state index in [1.807, 2.05) is 0 Å². The SMILES string of the molecule is CC(C)C(NCc1ccc([N+](=O)[O-])s1)c1ccc(F)cc1. The van der Waals surface area contributed by atoms with Gasteiger partial charge in [-0.2, -0.15) is 0 Å². The van der Waals surface area contributed by atoms with Crippen molar-refractivity contribution >= 4 is 16.3 Å². The Kier molecular flexibility index (Phi) is 5.03. The summed E-state index contributed by atoms with van der Waals surface area (Å²) in [6.07, 6.45) is 0. The zero-order valence-electron chi connectivity index (χ0n) is 11.9. The molecule has 1 atom stereocenters. The number of halogens is 1. The standard InChI is InChI=1S/C15H17FN2O2S/c1-10(2)15(11-3-5-12(16)6-4-11)17-9-13-7-8-14(21-13)18(19)20/h3-8,10,15,17H,9H2,1-2H3. The number of nitrogens with one attached hydrogen (secondary N) is 1.